The molecule has 14 aromatic carbocycles. The summed E-state index contributed by atoms with van der Waals surface area (Å²) in [5.41, 5.74) is 2.49. The van der Waals surface area contributed by atoms with Crippen molar-refractivity contribution in [3.8, 4) is 95.6 Å². The number of rotatable bonds is 11. The first-order valence-electron chi connectivity index (χ1n) is 47.9. The molecule has 0 aliphatic carbocycles. The van der Waals surface area contributed by atoms with E-state index in [1.54, 1.807) is 61.7 Å². The number of hydrogen-bond donors (Lipinski definition) is 0. The summed E-state index contributed by atoms with van der Waals surface area (Å²) in [5.74, 6) is 1.14. The summed E-state index contributed by atoms with van der Waals surface area (Å²) in [6.45, 7) is 18.0. The Balaban J connectivity index is 1.00. The Hall–Kier alpha value is -12.2. The van der Waals surface area contributed by atoms with Crippen molar-refractivity contribution in [2.24, 2.45) is 0 Å². The van der Waals surface area contributed by atoms with Crippen LogP contribution in [-0.2, 0) is 16.2 Å². The van der Waals surface area contributed by atoms with E-state index in [1.807, 2.05) is 72.8 Å². The minimum Gasteiger partial charge on any atom is -0.460 e. The Morgan fingerprint density at radius 1 is 0.410 bits per heavy atom. The highest BCUT2D eigenvalue weighted by Gasteiger charge is 2.42. The zero-order chi connectivity index (χ0) is 95.0. The molecule has 18 rings (SSSR count). The third-order valence-electron chi connectivity index (χ3n) is 19.6. The van der Waals surface area contributed by atoms with Crippen LogP contribution < -0.4 is 30.1 Å². The molecule has 3 aromatic heterocycles. The average molecular weight is 1400 g/mol. The molecule has 0 saturated carbocycles. The molecule has 0 N–H and O–H groups in total. The third kappa shape index (κ3) is 11.1. The van der Waals surface area contributed by atoms with Gasteiger partial charge in [-0.15, -0.1) is 0 Å². The molecule has 0 fully saturated rings. The second kappa shape index (κ2) is 25.1. The van der Waals surface area contributed by atoms with Crippen molar-refractivity contribution in [1.82, 2.24) is 14.1 Å². The number of aromatic nitrogens is 4. The largest absolute Gasteiger partial charge is 0.460 e. The summed E-state index contributed by atoms with van der Waals surface area (Å²) in [6, 6.07) is 20.2. The summed E-state index contributed by atoms with van der Waals surface area (Å²) in [7, 11) is -6.59. The Labute approximate surface area is 653 Å². The van der Waals surface area contributed by atoms with Gasteiger partial charge in [-0.2, -0.15) is 0 Å². The molecule has 508 valence electrons. The molecule has 105 heavy (non-hydrogen) atoms. The summed E-state index contributed by atoms with van der Waals surface area (Å²) >= 11 is 0. The van der Waals surface area contributed by atoms with E-state index in [9.17, 15) is 32.9 Å². The van der Waals surface area contributed by atoms with E-state index in [2.05, 4.69) is 88.8 Å². The van der Waals surface area contributed by atoms with E-state index in [-0.39, 0.29) is 61.4 Å². The first kappa shape index (κ1) is 41.8. The van der Waals surface area contributed by atoms with Crippen molar-refractivity contribution in [2.75, 3.05) is 0 Å². The molecule has 6 nitrogen and oxygen atoms in total. The molecular formula is C98H80N4O2Si. The molecule has 0 unspecified atom stereocenters. The number of imidazole rings is 2. The van der Waals surface area contributed by atoms with Gasteiger partial charge in [0, 0.05) is 21.9 Å². The van der Waals surface area contributed by atoms with Crippen molar-refractivity contribution in [3.05, 3.63) is 344 Å². The summed E-state index contributed by atoms with van der Waals surface area (Å²) in [4.78, 5) is 5.44. The van der Waals surface area contributed by atoms with Crippen LogP contribution in [0, 0.1) is 6.33 Å². The first-order valence-corrected chi connectivity index (χ1v) is 36.4. The minimum absolute atomic E-state index is 0.0510. The van der Waals surface area contributed by atoms with E-state index < -0.39 is 231 Å². The van der Waals surface area contributed by atoms with Crippen LogP contribution in [0.5, 0.6) is 11.5 Å². The van der Waals surface area contributed by atoms with Gasteiger partial charge in [-0.1, -0.05) is 323 Å². The van der Waals surface area contributed by atoms with Crippen molar-refractivity contribution in [1.29, 1.82) is 0 Å². The second-order valence-electron chi connectivity index (χ2n) is 29.2. The average Bonchev–Trinajstić information content (AvgIpc) is 1.10. The van der Waals surface area contributed by atoms with E-state index in [4.69, 9.17) is 18.3 Å². The molecule has 1 aliphatic heterocycles. The van der Waals surface area contributed by atoms with Crippen LogP contribution in [0.3, 0.4) is 0 Å². The van der Waals surface area contributed by atoms with Gasteiger partial charge in [0.1, 0.15) is 34.2 Å². The normalized spacial score (nSPS) is 16.0. The number of nitrogens with zero attached hydrogens (tertiary/aromatic N) is 4. The topological polar surface area (TPSA) is 49.0 Å². The lowest BCUT2D eigenvalue weighted by Gasteiger charge is -2.35. The smallest absolute Gasteiger partial charge is 0.270 e. The number of benzene rings is 14. The molecule has 0 radical (unpaired) electrons. The zero-order valence-electron chi connectivity index (χ0n) is 85.6. The van der Waals surface area contributed by atoms with E-state index >= 15 is 0 Å². The van der Waals surface area contributed by atoms with Gasteiger partial charge in [0.2, 0.25) is 0 Å². The maximum absolute atomic E-state index is 11.4. The molecule has 4 heterocycles. The van der Waals surface area contributed by atoms with Crippen molar-refractivity contribution < 1.29 is 50.7 Å². The van der Waals surface area contributed by atoms with Gasteiger partial charge in [0.25, 0.3) is 6.33 Å². The number of para-hydroxylation sites is 4. The molecule has 0 amide bonds. The fraction of sp³-hybridized carbons (Fsp3) is 0.122. The molecule has 0 atom stereocenters. The number of fused-ring (bicyclic) bond motifs is 11. The van der Waals surface area contributed by atoms with Crippen LogP contribution in [0.15, 0.2) is 325 Å². The summed E-state index contributed by atoms with van der Waals surface area (Å²) in [5, 5.41) is -3.34. The monoisotopic (exact) mass is 1400 g/mol. The maximum Gasteiger partial charge on any atom is 0.270 e. The Morgan fingerprint density at radius 2 is 0.962 bits per heavy atom. The van der Waals surface area contributed by atoms with Crippen molar-refractivity contribution in [2.45, 2.75) is 78.6 Å². The predicted molar refractivity (Wildman–Crippen MR) is 438 cm³/mol. The standard InChI is InChI=1S/C98H80N4O2Si/c1-96(2,3)67-52-53-87(82(58-67)64-32-14-10-15-33-64)102-88-49-28-27-48-86(88)99-95(102)66-54-68(97(4,5)6)57-70(55-66)103-71-61-85-80-46-26-29-51-91(80)104-94(85)90(62-71)100-63-101-92-83(65-34-30-41-75(56-65)105(72-35-16-11-17-36-72,73-37-18-12-19-38-73)74-39-20-13-21-40-74)59-69(98(7,8)9)60-84(92)79-45-25-23-43-77(79)76-42-22-24-44-78(76)81-47-31-50-89(100)93(81)101/h10-62H,1-9H3/i11D,12D,13D,16D,17D,18D,19D,20D,21D,22D,23D,24D,25D,30D,34D,35D,36D,37D,38D,39D,40D,41D,42D,43D,44D,45D,56D. The lowest BCUT2D eigenvalue weighted by molar-refractivity contribution is -0.570. The van der Waals surface area contributed by atoms with Crippen molar-refractivity contribution >= 4 is 72.8 Å². The van der Waals surface area contributed by atoms with Crippen LogP contribution in [0.1, 0.15) is 116 Å². The van der Waals surface area contributed by atoms with Crippen LogP contribution >= 0.6 is 0 Å². The minimum atomic E-state index is -6.59. The highest BCUT2D eigenvalue weighted by atomic mass is 28.3. The van der Waals surface area contributed by atoms with Gasteiger partial charge in [-0.05, 0) is 164 Å². The van der Waals surface area contributed by atoms with Crippen molar-refractivity contribution in [3.63, 3.8) is 0 Å². The quantitative estimate of drug-likeness (QED) is 0.0561. The SMILES string of the molecule is [2H]c1c([2H])c([2H])c([Si](c2c([2H])c([2H])c([2H])c([2H])c2[2H])(c2c([2H])c([2H])c([2H])c([2H])c2[2H])c2c([2H])c([2H])c([2H])c(-c3cc(C(C)(C)C)cc4c3-[n+]3[c-]n(-c5cc(Oc6cc(-c7nc8ccccc8n7-c7ccc(C(C)(C)C)cc7-c7ccccc7)cc(C(C)(C)C)c6)cc6c5oc5ccccc56)c5cccc(c53)-c3c([2H])c([2H])c([2H])c([2H])c3-c3c([2H])c([2H])c([2H])c([2H])c3-4)c2[2H])c([2H])c1[2H]. The Morgan fingerprint density at radius 3 is 1.63 bits per heavy atom. The molecule has 0 bridgehead atoms. The van der Waals surface area contributed by atoms with Gasteiger partial charge in [-0.3, -0.25) is 13.7 Å². The lowest BCUT2D eigenvalue weighted by atomic mass is 9.81. The third-order valence-corrected chi connectivity index (χ3v) is 23.6. The highest BCUT2D eigenvalue weighted by Crippen LogP contribution is 2.49. The van der Waals surface area contributed by atoms with Crippen LogP contribution in [0.4, 0.5) is 0 Å². The van der Waals surface area contributed by atoms with Gasteiger partial charge < -0.3 is 9.15 Å². The van der Waals surface area contributed by atoms with Crippen LogP contribution in [0.25, 0.3) is 128 Å². The zero-order valence-corrected chi connectivity index (χ0v) is 59.6. The molecule has 17 aromatic rings. The summed E-state index contributed by atoms with van der Waals surface area (Å²) < 4.78 is 285. The number of furan rings is 1. The Kier molecular flexibility index (Phi) is 9.99. The molecule has 0 saturated heterocycles. The Bertz CT molecular complexity index is 7720. The van der Waals surface area contributed by atoms with Gasteiger partial charge in [-0.25, -0.2) is 4.98 Å². The fourth-order valence-electron chi connectivity index (χ4n) is 14.4. The maximum atomic E-state index is 11.4. The predicted octanol–water partition coefficient (Wildman–Crippen LogP) is 22.3. The van der Waals surface area contributed by atoms with E-state index in [1.165, 1.54) is 16.7 Å². The van der Waals surface area contributed by atoms with Gasteiger partial charge in [0.05, 0.1) is 70.5 Å². The molecule has 1 aliphatic rings. The van der Waals surface area contributed by atoms with Gasteiger partial charge >= 0.3 is 0 Å². The number of ether oxygens (including phenoxy) is 1. The number of hydrogen-bond acceptors (Lipinski definition) is 3. The van der Waals surface area contributed by atoms with E-state index in [0.29, 0.717) is 39.0 Å². The first-order chi connectivity index (χ1) is 62.2. The van der Waals surface area contributed by atoms with Gasteiger partial charge in [0.15, 0.2) is 8.07 Å². The highest BCUT2D eigenvalue weighted by molar-refractivity contribution is 7.20. The fourth-order valence-corrected chi connectivity index (χ4v) is 18.0. The second-order valence-corrected chi connectivity index (χ2v) is 32.7. The molecular weight excluding hydrogens is 1290 g/mol. The molecule has 0 spiro atoms. The lowest BCUT2D eigenvalue weighted by Crippen LogP contribution is -2.74. The molecule has 7 heteroatoms. The van der Waals surface area contributed by atoms with E-state index in [0.717, 1.165) is 33.5 Å². The van der Waals surface area contributed by atoms with Crippen LogP contribution in [0.2, 0.25) is 0 Å². The summed E-state index contributed by atoms with van der Waals surface area (Å²) in [6.07, 6.45) is 3.58. The van der Waals surface area contributed by atoms with Crippen LogP contribution in [-0.4, -0.2) is 22.2 Å².